The Morgan fingerprint density at radius 2 is 1.83 bits per heavy atom. The lowest BCUT2D eigenvalue weighted by Crippen LogP contribution is -2.02. The molecule has 0 aromatic heterocycles. The van der Waals surface area contributed by atoms with Gasteiger partial charge in [0.1, 0.15) is 18.1 Å². The van der Waals surface area contributed by atoms with Crippen LogP contribution in [0.4, 0.5) is 0 Å². The van der Waals surface area contributed by atoms with Gasteiger partial charge in [0.15, 0.2) is 6.29 Å². The van der Waals surface area contributed by atoms with Gasteiger partial charge in [-0.05, 0) is 45.8 Å². The normalized spacial score (nSPS) is 10.0. The Morgan fingerprint density at radius 3 is 2.39 bits per heavy atom. The summed E-state index contributed by atoms with van der Waals surface area (Å²) in [4.78, 5) is 22.5. The molecule has 2 rings (SSSR count). The molecule has 0 radical (unpaired) electrons. The first-order valence-electron chi connectivity index (χ1n) is 6.71. The predicted molar refractivity (Wildman–Crippen MR) is 88.2 cm³/mol. The number of esters is 1. The van der Waals surface area contributed by atoms with Crippen LogP contribution in [0.15, 0.2) is 40.9 Å². The molecule has 0 N–H and O–H groups in total. The van der Waals surface area contributed by atoms with Crippen molar-refractivity contribution in [1.29, 1.82) is 0 Å². The lowest BCUT2D eigenvalue weighted by Gasteiger charge is -2.11. The molecule has 2 aromatic rings. The van der Waals surface area contributed by atoms with Crippen LogP contribution in [-0.4, -0.2) is 26.5 Å². The second kappa shape index (κ2) is 7.78. The third-order valence-electron chi connectivity index (χ3n) is 3.18. The van der Waals surface area contributed by atoms with E-state index in [-0.39, 0.29) is 12.6 Å². The van der Waals surface area contributed by atoms with Crippen molar-refractivity contribution in [2.24, 2.45) is 0 Å². The zero-order valence-corrected chi connectivity index (χ0v) is 14.3. The fourth-order valence-electron chi connectivity index (χ4n) is 1.94. The largest absolute Gasteiger partial charge is 0.496 e. The Bertz CT molecular complexity index is 710. The van der Waals surface area contributed by atoms with Crippen molar-refractivity contribution in [2.45, 2.75) is 6.61 Å². The summed E-state index contributed by atoms with van der Waals surface area (Å²) >= 11 is 3.36. The van der Waals surface area contributed by atoms with Crippen molar-refractivity contribution in [2.75, 3.05) is 14.2 Å². The molecule has 0 saturated carbocycles. The lowest BCUT2D eigenvalue weighted by atomic mass is 10.1. The highest BCUT2D eigenvalue weighted by Gasteiger charge is 2.10. The molecule has 0 spiro atoms. The number of ether oxygens (including phenoxy) is 3. The van der Waals surface area contributed by atoms with Gasteiger partial charge in [0.2, 0.25) is 0 Å². The van der Waals surface area contributed by atoms with E-state index in [4.69, 9.17) is 9.47 Å². The number of methoxy groups -OCH3 is 2. The Balaban J connectivity index is 2.13. The van der Waals surface area contributed by atoms with Gasteiger partial charge in [-0.3, -0.25) is 4.79 Å². The topological polar surface area (TPSA) is 61.8 Å². The summed E-state index contributed by atoms with van der Waals surface area (Å²) in [5.41, 5.74) is 1.73. The number of carbonyl (C=O) groups excluding carboxylic acids is 2. The fourth-order valence-corrected chi connectivity index (χ4v) is 2.42. The zero-order chi connectivity index (χ0) is 16.8. The van der Waals surface area contributed by atoms with E-state index in [1.165, 1.54) is 14.2 Å². The van der Waals surface area contributed by atoms with Crippen LogP contribution in [-0.2, 0) is 11.3 Å². The smallest absolute Gasteiger partial charge is 0.337 e. The van der Waals surface area contributed by atoms with E-state index < -0.39 is 0 Å². The van der Waals surface area contributed by atoms with Crippen LogP contribution < -0.4 is 9.47 Å². The molecule has 0 unspecified atom stereocenters. The quantitative estimate of drug-likeness (QED) is 0.567. The van der Waals surface area contributed by atoms with Gasteiger partial charge < -0.3 is 14.2 Å². The van der Waals surface area contributed by atoms with Gasteiger partial charge >= 0.3 is 5.97 Å². The molecule has 0 heterocycles. The fraction of sp³-hybridized carbons (Fsp3) is 0.176. The van der Waals surface area contributed by atoms with Crippen molar-refractivity contribution in [1.82, 2.24) is 0 Å². The van der Waals surface area contributed by atoms with E-state index in [0.717, 1.165) is 5.56 Å². The Labute approximate surface area is 142 Å². The van der Waals surface area contributed by atoms with E-state index in [0.29, 0.717) is 33.4 Å². The highest BCUT2D eigenvalue weighted by molar-refractivity contribution is 9.10. The average Bonchev–Trinajstić information content (AvgIpc) is 2.59. The minimum Gasteiger partial charge on any atom is -0.496 e. The number of rotatable bonds is 6. The van der Waals surface area contributed by atoms with Crippen molar-refractivity contribution in [3.8, 4) is 11.5 Å². The molecule has 23 heavy (non-hydrogen) atoms. The van der Waals surface area contributed by atoms with Crippen molar-refractivity contribution in [3.05, 3.63) is 57.6 Å². The summed E-state index contributed by atoms with van der Waals surface area (Å²) < 4.78 is 16.2. The molecule has 0 fully saturated rings. The first-order chi connectivity index (χ1) is 11.1. The number of carbonyl (C=O) groups is 2. The first kappa shape index (κ1) is 17.0. The monoisotopic (exact) mass is 378 g/mol. The molecule has 0 amide bonds. The maximum atomic E-state index is 11.4. The number of hydrogen-bond donors (Lipinski definition) is 0. The number of hydrogen-bond acceptors (Lipinski definition) is 5. The summed E-state index contributed by atoms with van der Waals surface area (Å²) in [5.74, 6) is 0.617. The average molecular weight is 379 g/mol. The van der Waals surface area contributed by atoms with Crippen LogP contribution in [0, 0.1) is 0 Å². The zero-order valence-electron chi connectivity index (χ0n) is 12.7. The third-order valence-corrected chi connectivity index (χ3v) is 3.80. The summed E-state index contributed by atoms with van der Waals surface area (Å²) in [5, 5.41) is 0. The van der Waals surface area contributed by atoms with Gasteiger partial charge in [-0.2, -0.15) is 0 Å². The van der Waals surface area contributed by atoms with E-state index in [9.17, 15) is 9.59 Å². The molecular formula is C17H15BrO5. The highest BCUT2D eigenvalue weighted by Crippen LogP contribution is 2.32. The summed E-state index contributed by atoms with van der Waals surface area (Å²) in [6, 6.07) is 10.2. The molecule has 0 aliphatic carbocycles. The van der Waals surface area contributed by atoms with Gasteiger partial charge in [-0.1, -0.05) is 12.1 Å². The predicted octanol–water partition coefficient (Wildman–Crippen LogP) is 3.64. The van der Waals surface area contributed by atoms with E-state index >= 15 is 0 Å². The molecule has 0 bridgehead atoms. The van der Waals surface area contributed by atoms with Gasteiger partial charge in [0.25, 0.3) is 0 Å². The van der Waals surface area contributed by atoms with Crippen LogP contribution in [0.2, 0.25) is 0 Å². The number of halogens is 1. The van der Waals surface area contributed by atoms with Crippen LogP contribution in [0.1, 0.15) is 26.3 Å². The van der Waals surface area contributed by atoms with Crippen molar-refractivity contribution in [3.63, 3.8) is 0 Å². The second-order valence-electron chi connectivity index (χ2n) is 4.62. The Kier molecular flexibility index (Phi) is 5.76. The maximum absolute atomic E-state index is 11.4. The van der Waals surface area contributed by atoms with Gasteiger partial charge in [-0.25, -0.2) is 4.79 Å². The number of aldehydes is 1. The molecule has 0 aliphatic heterocycles. The van der Waals surface area contributed by atoms with Crippen LogP contribution in [0.25, 0.3) is 0 Å². The van der Waals surface area contributed by atoms with E-state index in [2.05, 4.69) is 20.7 Å². The third kappa shape index (κ3) is 4.10. The Hall–Kier alpha value is -2.34. The molecule has 120 valence electrons. The van der Waals surface area contributed by atoms with Crippen molar-refractivity contribution < 1.29 is 23.8 Å². The van der Waals surface area contributed by atoms with Crippen LogP contribution in [0.3, 0.4) is 0 Å². The lowest BCUT2D eigenvalue weighted by molar-refractivity contribution is 0.0600. The molecule has 0 atom stereocenters. The van der Waals surface area contributed by atoms with Gasteiger partial charge in [-0.15, -0.1) is 0 Å². The van der Waals surface area contributed by atoms with Crippen LogP contribution in [0.5, 0.6) is 11.5 Å². The van der Waals surface area contributed by atoms with Crippen LogP contribution >= 0.6 is 15.9 Å². The SMILES string of the molecule is COC(=O)c1ccc(COc2cc(Br)c(OC)cc2C=O)cc1. The maximum Gasteiger partial charge on any atom is 0.337 e. The van der Waals surface area contributed by atoms with E-state index in [1.54, 1.807) is 36.4 Å². The molecule has 0 saturated heterocycles. The summed E-state index contributed by atoms with van der Waals surface area (Å²) in [6.07, 6.45) is 0.713. The molecular weight excluding hydrogens is 364 g/mol. The van der Waals surface area contributed by atoms with E-state index in [1.807, 2.05) is 0 Å². The molecule has 5 nitrogen and oxygen atoms in total. The first-order valence-corrected chi connectivity index (χ1v) is 7.51. The summed E-state index contributed by atoms with van der Waals surface area (Å²) in [7, 11) is 2.86. The van der Waals surface area contributed by atoms with Gasteiger partial charge in [0.05, 0.1) is 29.8 Å². The molecule has 0 aliphatic rings. The minimum atomic E-state index is -0.389. The molecule has 6 heteroatoms. The van der Waals surface area contributed by atoms with Gasteiger partial charge in [0, 0.05) is 0 Å². The second-order valence-corrected chi connectivity index (χ2v) is 5.47. The molecule has 2 aromatic carbocycles. The number of benzene rings is 2. The standard InChI is InChI=1S/C17H15BrO5/c1-21-16-7-13(9-19)15(8-14(16)18)23-10-11-3-5-12(6-4-11)17(20)22-2/h3-9H,10H2,1-2H3. The summed E-state index contributed by atoms with van der Waals surface area (Å²) in [6.45, 7) is 0.265. The van der Waals surface area contributed by atoms with Crippen molar-refractivity contribution >= 4 is 28.2 Å². The highest BCUT2D eigenvalue weighted by atomic mass is 79.9. The Morgan fingerprint density at radius 1 is 1.13 bits per heavy atom. The minimum absolute atomic E-state index is 0.265.